The van der Waals surface area contributed by atoms with Crippen LogP contribution >= 0.6 is 0 Å². The maximum atomic E-state index is 13.0. The number of nitrogens with one attached hydrogen (secondary N) is 1. The average molecular weight is 447 g/mol. The van der Waals surface area contributed by atoms with E-state index >= 15 is 0 Å². The smallest absolute Gasteiger partial charge is 0.331 e. The van der Waals surface area contributed by atoms with Crippen LogP contribution in [0.5, 0.6) is 5.75 Å². The second-order valence-corrected chi connectivity index (χ2v) is 8.97. The lowest BCUT2D eigenvalue weighted by Crippen LogP contribution is -2.51. The molecule has 2 N–H and O–H groups in total. The highest BCUT2D eigenvalue weighted by Crippen LogP contribution is 2.46. The Balaban J connectivity index is 1.62. The first-order chi connectivity index (χ1) is 15.3. The highest BCUT2D eigenvalue weighted by molar-refractivity contribution is 5.88. The number of likely N-dealkylation sites (tertiary alicyclic amines) is 1. The number of aliphatic hydroxyl groups is 1. The Labute approximate surface area is 189 Å². The number of hydrogen-bond acceptors (Lipinski definition) is 6. The first kappa shape index (κ1) is 24.0. The van der Waals surface area contributed by atoms with E-state index in [1.54, 1.807) is 7.11 Å². The van der Waals surface area contributed by atoms with Crippen LogP contribution in [-0.4, -0.2) is 66.7 Å². The molecule has 0 aromatic heterocycles. The molecule has 32 heavy (non-hydrogen) atoms. The molecule has 1 saturated carbocycles. The predicted octanol–water partition coefficient (Wildman–Crippen LogP) is 1.54. The lowest BCUT2D eigenvalue weighted by Gasteiger charge is -2.25. The Hall–Kier alpha value is -2.61. The van der Waals surface area contributed by atoms with E-state index in [0.717, 1.165) is 30.6 Å². The van der Waals surface area contributed by atoms with Gasteiger partial charge in [0.25, 0.3) is 0 Å². The Bertz CT molecular complexity index is 842. The molecule has 0 spiro atoms. The minimum Gasteiger partial charge on any atom is -0.497 e. The van der Waals surface area contributed by atoms with Gasteiger partial charge in [0.15, 0.2) is 6.04 Å². The summed E-state index contributed by atoms with van der Waals surface area (Å²) < 4.78 is 9.97. The van der Waals surface area contributed by atoms with Gasteiger partial charge >= 0.3 is 5.97 Å². The normalized spacial score (nSPS) is 26.4. The summed E-state index contributed by atoms with van der Waals surface area (Å²) >= 11 is 0. The molecular weight excluding hydrogens is 412 g/mol. The van der Waals surface area contributed by atoms with E-state index < -0.39 is 18.1 Å². The van der Waals surface area contributed by atoms with Crippen LogP contribution in [0.2, 0.25) is 0 Å². The van der Waals surface area contributed by atoms with Crippen LogP contribution in [-0.2, 0) is 25.5 Å². The number of amides is 2. The number of aryl methyl sites for hydroxylation is 1. The Morgan fingerprint density at radius 3 is 2.72 bits per heavy atom. The minimum absolute atomic E-state index is 0.0293. The van der Waals surface area contributed by atoms with Crippen molar-refractivity contribution >= 4 is 17.8 Å². The number of benzene rings is 1. The van der Waals surface area contributed by atoms with Crippen molar-refractivity contribution in [3.8, 4) is 5.75 Å². The number of methoxy groups -OCH3 is 2. The summed E-state index contributed by atoms with van der Waals surface area (Å²) in [6, 6.07) is 6.84. The van der Waals surface area contributed by atoms with Crippen LogP contribution in [0.25, 0.3) is 0 Å². The molecule has 1 aromatic carbocycles. The molecule has 0 bridgehead atoms. The Morgan fingerprint density at radius 2 is 2.06 bits per heavy atom. The molecule has 5 unspecified atom stereocenters. The monoisotopic (exact) mass is 446 g/mol. The largest absolute Gasteiger partial charge is 0.497 e. The number of esters is 1. The number of nitrogens with zero attached hydrogens (tertiary/aromatic N) is 1. The van der Waals surface area contributed by atoms with Crippen molar-refractivity contribution in [2.45, 2.75) is 57.7 Å². The molecule has 6 atom stereocenters. The standard InChI is InChI=1S/C24H34N2O6/c1-14-11-19-18(21(14)23(29)25-22(15(2)27)24(30)32-4)13-20(28)26(19)10-6-8-16-7-5-9-17(12-16)31-3/h5,7,9,12,14-15,18-19,21-22,27H,6,8,10-11,13H2,1-4H3,(H,25,29)/t14?,15?,18?,19?,21-,22?/m1/s1. The zero-order valence-corrected chi connectivity index (χ0v) is 19.2. The van der Waals surface area contributed by atoms with E-state index in [9.17, 15) is 19.5 Å². The molecule has 1 aliphatic carbocycles. The van der Waals surface area contributed by atoms with E-state index in [-0.39, 0.29) is 35.6 Å². The van der Waals surface area contributed by atoms with Gasteiger partial charge in [-0.2, -0.15) is 0 Å². The lowest BCUT2D eigenvalue weighted by molar-refractivity contribution is -0.149. The number of carbonyl (C=O) groups is 3. The van der Waals surface area contributed by atoms with Gasteiger partial charge < -0.3 is 24.8 Å². The first-order valence-corrected chi connectivity index (χ1v) is 11.3. The minimum atomic E-state index is -1.12. The Morgan fingerprint density at radius 1 is 1.31 bits per heavy atom. The summed E-state index contributed by atoms with van der Waals surface area (Å²) in [6.07, 6.45) is 1.69. The SMILES string of the molecule is COC(=O)C(NC(=O)[C@@H]1C(C)CC2C1CC(=O)N2CCCc1cccc(OC)c1)C(C)O. The van der Waals surface area contributed by atoms with Crippen molar-refractivity contribution in [3.63, 3.8) is 0 Å². The molecule has 8 heteroatoms. The van der Waals surface area contributed by atoms with Crippen molar-refractivity contribution in [2.24, 2.45) is 17.8 Å². The van der Waals surface area contributed by atoms with Gasteiger partial charge in [0, 0.05) is 24.9 Å². The number of carbonyl (C=O) groups excluding carboxylic acids is 3. The lowest BCUT2D eigenvalue weighted by atomic mass is 9.87. The summed E-state index contributed by atoms with van der Waals surface area (Å²) in [6.45, 7) is 4.10. The Kier molecular flexibility index (Phi) is 7.77. The van der Waals surface area contributed by atoms with Gasteiger partial charge in [0.1, 0.15) is 5.75 Å². The summed E-state index contributed by atoms with van der Waals surface area (Å²) in [4.78, 5) is 39.6. The maximum absolute atomic E-state index is 13.0. The second kappa shape index (κ2) is 10.3. The van der Waals surface area contributed by atoms with Crippen LogP contribution in [0.15, 0.2) is 24.3 Å². The second-order valence-electron chi connectivity index (χ2n) is 8.97. The molecule has 2 fully saturated rings. The van der Waals surface area contributed by atoms with Crippen LogP contribution in [0.1, 0.15) is 38.7 Å². The van der Waals surface area contributed by atoms with E-state index in [2.05, 4.69) is 11.4 Å². The van der Waals surface area contributed by atoms with Gasteiger partial charge in [0.05, 0.1) is 20.3 Å². The number of aliphatic hydroxyl groups excluding tert-OH is 1. The van der Waals surface area contributed by atoms with E-state index in [1.165, 1.54) is 14.0 Å². The quantitative estimate of drug-likeness (QED) is 0.558. The molecule has 1 aromatic rings. The van der Waals surface area contributed by atoms with Crippen LogP contribution in [0.3, 0.4) is 0 Å². The van der Waals surface area contributed by atoms with Crippen molar-refractivity contribution < 1.29 is 29.0 Å². The van der Waals surface area contributed by atoms with Crippen molar-refractivity contribution in [3.05, 3.63) is 29.8 Å². The summed E-state index contributed by atoms with van der Waals surface area (Å²) in [5.41, 5.74) is 1.16. The number of fused-ring (bicyclic) bond motifs is 1. The summed E-state index contributed by atoms with van der Waals surface area (Å²) in [5, 5.41) is 12.5. The van der Waals surface area contributed by atoms with Gasteiger partial charge in [-0.1, -0.05) is 19.1 Å². The molecular formula is C24H34N2O6. The highest BCUT2D eigenvalue weighted by Gasteiger charge is 2.53. The van der Waals surface area contributed by atoms with Crippen molar-refractivity contribution in [2.75, 3.05) is 20.8 Å². The third kappa shape index (κ3) is 5.06. The van der Waals surface area contributed by atoms with Gasteiger partial charge in [-0.25, -0.2) is 4.79 Å². The average Bonchev–Trinajstić information content (AvgIpc) is 3.24. The fraction of sp³-hybridized carbons (Fsp3) is 0.625. The number of rotatable bonds is 9. The predicted molar refractivity (Wildman–Crippen MR) is 118 cm³/mol. The van der Waals surface area contributed by atoms with Crippen LogP contribution in [0.4, 0.5) is 0 Å². The van der Waals surface area contributed by atoms with Gasteiger partial charge in [-0.15, -0.1) is 0 Å². The molecule has 2 amide bonds. The molecule has 2 aliphatic rings. The maximum Gasteiger partial charge on any atom is 0.331 e. The summed E-state index contributed by atoms with van der Waals surface area (Å²) in [5.74, 6) is -0.466. The fourth-order valence-electron chi connectivity index (χ4n) is 5.27. The fourth-order valence-corrected chi connectivity index (χ4v) is 5.27. The molecule has 176 valence electrons. The molecule has 3 rings (SSSR count). The molecule has 1 aliphatic heterocycles. The van der Waals surface area contributed by atoms with E-state index in [0.29, 0.717) is 13.0 Å². The zero-order valence-electron chi connectivity index (χ0n) is 19.2. The van der Waals surface area contributed by atoms with Gasteiger partial charge in [-0.05, 0) is 55.7 Å². The van der Waals surface area contributed by atoms with Crippen molar-refractivity contribution in [1.82, 2.24) is 10.2 Å². The van der Waals surface area contributed by atoms with Crippen LogP contribution < -0.4 is 10.1 Å². The molecule has 1 saturated heterocycles. The zero-order chi connectivity index (χ0) is 23.4. The highest BCUT2D eigenvalue weighted by atomic mass is 16.5. The van der Waals surface area contributed by atoms with E-state index in [1.807, 2.05) is 30.0 Å². The molecule has 8 nitrogen and oxygen atoms in total. The van der Waals surface area contributed by atoms with Gasteiger partial charge in [-0.3, -0.25) is 9.59 Å². The third-order valence-corrected chi connectivity index (χ3v) is 6.85. The topological polar surface area (TPSA) is 105 Å². The number of hydrogen-bond donors (Lipinski definition) is 2. The van der Waals surface area contributed by atoms with Crippen molar-refractivity contribution in [1.29, 1.82) is 0 Å². The molecule has 0 radical (unpaired) electrons. The number of ether oxygens (including phenoxy) is 2. The first-order valence-electron chi connectivity index (χ1n) is 11.3. The summed E-state index contributed by atoms with van der Waals surface area (Å²) in [7, 11) is 2.86. The molecule has 1 heterocycles. The van der Waals surface area contributed by atoms with Crippen LogP contribution in [0, 0.1) is 17.8 Å². The third-order valence-electron chi connectivity index (χ3n) is 6.85. The van der Waals surface area contributed by atoms with E-state index in [4.69, 9.17) is 9.47 Å². The van der Waals surface area contributed by atoms with Gasteiger partial charge in [0.2, 0.25) is 11.8 Å².